The van der Waals surface area contributed by atoms with Crippen molar-refractivity contribution in [3.63, 3.8) is 0 Å². The molecule has 62 valence electrons. The van der Waals surface area contributed by atoms with E-state index in [2.05, 4.69) is 27.7 Å². The third-order valence-electron chi connectivity index (χ3n) is 5.92. The molecule has 1 spiro atoms. The van der Waals surface area contributed by atoms with Crippen LogP contribution in [0, 0.1) is 28.1 Å². The van der Waals surface area contributed by atoms with Crippen LogP contribution in [0.25, 0.3) is 0 Å². The molecule has 0 heteroatoms. The second-order valence-corrected chi connectivity index (χ2v) is 5.17. The fourth-order valence-corrected chi connectivity index (χ4v) is 5.31. The lowest BCUT2D eigenvalue weighted by atomic mass is 9.84. The van der Waals surface area contributed by atoms with Crippen molar-refractivity contribution in [2.24, 2.45) is 28.1 Å². The maximum Gasteiger partial charge on any atom is -0.0108 e. The Kier molecular flexibility index (Phi) is 0.709. The average Bonchev–Trinajstić information content (AvgIpc) is 2.90. The number of hydrogen-bond donors (Lipinski definition) is 0. The summed E-state index contributed by atoms with van der Waals surface area (Å²) in [4.78, 5) is 0. The highest BCUT2D eigenvalue weighted by molar-refractivity contribution is 5.59. The van der Waals surface area contributed by atoms with Gasteiger partial charge in [-0.05, 0) is 40.9 Å². The Bertz CT molecular complexity index is 234. The molecule has 0 N–H and O–H groups in total. The Balaban J connectivity index is 1.92. The summed E-state index contributed by atoms with van der Waals surface area (Å²) in [6.07, 6.45) is 2.88. The Morgan fingerprint density at radius 2 is 1.73 bits per heavy atom. The fourth-order valence-electron chi connectivity index (χ4n) is 5.31. The van der Waals surface area contributed by atoms with Crippen molar-refractivity contribution in [1.29, 1.82) is 0 Å². The summed E-state index contributed by atoms with van der Waals surface area (Å²) in [5.41, 5.74) is 2.57. The van der Waals surface area contributed by atoms with E-state index < -0.39 is 0 Å². The minimum absolute atomic E-state index is 0.834. The van der Waals surface area contributed by atoms with Crippen molar-refractivity contribution in [2.75, 3.05) is 0 Å². The Morgan fingerprint density at radius 3 is 1.82 bits per heavy atom. The van der Waals surface area contributed by atoms with Gasteiger partial charge in [-0.15, -0.1) is 0 Å². The molecule has 0 aliphatic heterocycles. The third-order valence-corrected chi connectivity index (χ3v) is 5.92. The quantitative estimate of drug-likeness (QED) is 0.567. The normalized spacial score (nSPS) is 66.5. The third kappa shape index (κ3) is 0.278. The van der Waals surface area contributed by atoms with Gasteiger partial charge < -0.3 is 0 Å². The van der Waals surface area contributed by atoms with Gasteiger partial charge in [0, 0.05) is 0 Å². The van der Waals surface area contributed by atoms with E-state index in [0.717, 1.165) is 28.1 Å². The zero-order chi connectivity index (χ0) is 8.07. The van der Waals surface area contributed by atoms with Gasteiger partial charge in [0.15, 0.2) is 0 Å². The van der Waals surface area contributed by atoms with Gasteiger partial charge in [-0.2, -0.15) is 0 Å². The zero-order valence-corrected chi connectivity index (χ0v) is 8.07. The molecule has 3 fully saturated rings. The van der Waals surface area contributed by atoms with Crippen LogP contribution in [0.1, 0.15) is 40.5 Å². The molecular formula is C11H18. The Hall–Kier alpha value is 0. The molecule has 0 radical (unpaired) electrons. The molecule has 0 saturated heterocycles. The van der Waals surface area contributed by atoms with E-state index in [4.69, 9.17) is 0 Å². The molecule has 0 aromatic heterocycles. The minimum atomic E-state index is 0.834. The van der Waals surface area contributed by atoms with Crippen LogP contribution >= 0.6 is 0 Å². The molecule has 0 nitrogen and oxygen atoms in total. The molecule has 4 atom stereocenters. The highest BCUT2D eigenvalue weighted by Gasteiger charge is 3.13. The molecule has 0 heterocycles. The molecule has 0 aromatic carbocycles. The van der Waals surface area contributed by atoms with Gasteiger partial charge in [-0.1, -0.05) is 27.7 Å². The SMILES string of the molecule is CCC1(CC)C2C3(C)C(C)C213. The molecular weight excluding hydrogens is 132 g/mol. The highest BCUT2D eigenvalue weighted by atomic mass is 15.2. The maximum absolute atomic E-state index is 2.51. The number of rotatable bonds is 2. The zero-order valence-electron chi connectivity index (χ0n) is 8.07. The van der Waals surface area contributed by atoms with E-state index in [1.807, 2.05) is 0 Å². The first-order valence-electron chi connectivity index (χ1n) is 5.14. The van der Waals surface area contributed by atoms with E-state index in [0.29, 0.717) is 0 Å². The van der Waals surface area contributed by atoms with Gasteiger partial charge in [0.05, 0.1) is 0 Å². The second kappa shape index (κ2) is 1.20. The molecule has 3 aliphatic rings. The van der Waals surface area contributed by atoms with Gasteiger partial charge in [-0.25, -0.2) is 0 Å². The van der Waals surface area contributed by atoms with E-state index >= 15 is 0 Å². The predicted molar refractivity (Wildman–Crippen MR) is 46.2 cm³/mol. The van der Waals surface area contributed by atoms with Crippen molar-refractivity contribution in [3.05, 3.63) is 0 Å². The van der Waals surface area contributed by atoms with Crippen LogP contribution in [0.4, 0.5) is 0 Å². The molecule has 0 amide bonds. The van der Waals surface area contributed by atoms with Crippen molar-refractivity contribution in [2.45, 2.75) is 40.5 Å². The average molecular weight is 150 g/mol. The maximum atomic E-state index is 2.51. The van der Waals surface area contributed by atoms with Gasteiger partial charge in [0.25, 0.3) is 0 Å². The van der Waals surface area contributed by atoms with Crippen molar-refractivity contribution >= 4 is 0 Å². The first-order chi connectivity index (χ1) is 5.14. The summed E-state index contributed by atoms with van der Waals surface area (Å²) in [5.74, 6) is 2.23. The van der Waals surface area contributed by atoms with E-state index in [-0.39, 0.29) is 0 Å². The lowest BCUT2D eigenvalue weighted by Gasteiger charge is -2.20. The molecule has 0 bridgehead atoms. The lowest BCUT2D eigenvalue weighted by Crippen LogP contribution is -2.13. The summed E-state index contributed by atoms with van der Waals surface area (Å²) >= 11 is 0. The summed E-state index contributed by atoms with van der Waals surface area (Å²) in [6.45, 7) is 9.74. The van der Waals surface area contributed by atoms with Crippen LogP contribution in [0.2, 0.25) is 0 Å². The van der Waals surface area contributed by atoms with E-state index in [9.17, 15) is 0 Å². The Morgan fingerprint density at radius 1 is 1.18 bits per heavy atom. The van der Waals surface area contributed by atoms with Crippen molar-refractivity contribution < 1.29 is 0 Å². The highest BCUT2D eigenvalue weighted by Crippen LogP contribution is 3.16. The van der Waals surface area contributed by atoms with E-state index in [1.54, 1.807) is 0 Å². The monoisotopic (exact) mass is 150 g/mol. The van der Waals surface area contributed by atoms with Crippen molar-refractivity contribution in [3.8, 4) is 0 Å². The number of fused-ring (bicyclic) bond motifs is 1. The molecule has 3 aliphatic carbocycles. The standard InChI is InChI=1S/C11H18/c1-5-10(6-2)8-9(4)7(3)11(8,9)10/h7-8H,5-6H2,1-4H3. The van der Waals surface area contributed by atoms with Crippen LogP contribution in [-0.2, 0) is 0 Å². The second-order valence-electron chi connectivity index (χ2n) is 5.17. The summed E-state index contributed by atoms with van der Waals surface area (Å²) in [7, 11) is 0. The minimum Gasteiger partial charge on any atom is -0.0648 e. The van der Waals surface area contributed by atoms with Crippen LogP contribution in [-0.4, -0.2) is 0 Å². The lowest BCUT2D eigenvalue weighted by molar-refractivity contribution is 0.282. The first-order valence-corrected chi connectivity index (χ1v) is 5.14. The predicted octanol–water partition coefficient (Wildman–Crippen LogP) is 3.08. The molecule has 11 heavy (non-hydrogen) atoms. The largest absolute Gasteiger partial charge is 0.0648 e. The summed E-state index contributed by atoms with van der Waals surface area (Å²) in [6, 6.07) is 0. The summed E-state index contributed by atoms with van der Waals surface area (Å²) < 4.78 is 0. The molecule has 3 rings (SSSR count). The number of hydrogen-bond acceptors (Lipinski definition) is 0. The van der Waals surface area contributed by atoms with Gasteiger partial charge >= 0.3 is 0 Å². The Labute approximate surface area is 69.4 Å². The fraction of sp³-hybridized carbons (Fsp3) is 1.00. The topological polar surface area (TPSA) is 0 Å². The van der Waals surface area contributed by atoms with Crippen LogP contribution in [0.15, 0.2) is 0 Å². The van der Waals surface area contributed by atoms with Gasteiger partial charge in [0.2, 0.25) is 0 Å². The molecule has 3 saturated carbocycles. The van der Waals surface area contributed by atoms with Gasteiger partial charge in [-0.3, -0.25) is 0 Å². The van der Waals surface area contributed by atoms with Crippen LogP contribution < -0.4 is 0 Å². The smallest absolute Gasteiger partial charge is 0.0108 e. The first kappa shape index (κ1) is 6.51. The van der Waals surface area contributed by atoms with Gasteiger partial charge in [0.1, 0.15) is 0 Å². The van der Waals surface area contributed by atoms with Crippen LogP contribution in [0.5, 0.6) is 0 Å². The molecule has 4 unspecified atom stereocenters. The van der Waals surface area contributed by atoms with E-state index in [1.165, 1.54) is 12.8 Å². The summed E-state index contributed by atoms with van der Waals surface area (Å²) in [5, 5.41) is 0. The van der Waals surface area contributed by atoms with Crippen LogP contribution in [0.3, 0.4) is 0 Å². The van der Waals surface area contributed by atoms with Crippen molar-refractivity contribution in [1.82, 2.24) is 0 Å². The molecule has 0 aromatic rings.